The standard InChI is InChI=1S/C21H20N4O2/c1-13(26)23-21-20(24-27-25-21)19-12-15-5-3-4-6-17(15)18(19)11-14-7-9-16(22-2)10-8-14/h3-10,12,18,22H,11H2,1-2H3,(H,23,25,26). The lowest BCUT2D eigenvalue weighted by atomic mass is 9.88. The van der Waals surface area contributed by atoms with Crippen molar-refractivity contribution >= 4 is 29.1 Å². The highest BCUT2D eigenvalue weighted by Crippen LogP contribution is 2.44. The van der Waals surface area contributed by atoms with E-state index >= 15 is 0 Å². The summed E-state index contributed by atoms with van der Waals surface area (Å²) in [5.74, 6) is 0.264. The molecule has 3 aromatic rings. The molecule has 136 valence electrons. The maximum absolute atomic E-state index is 11.5. The Hall–Kier alpha value is -3.41. The number of carbonyl (C=O) groups excluding carboxylic acids is 1. The van der Waals surface area contributed by atoms with Gasteiger partial charge >= 0.3 is 0 Å². The molecule has 1 heterocycles. The molecule has 0 saturated heterocycles. The van der Waals surface area contributed by atoms with Gasteiger partial charge in [0, 0.05) is 25.6 Å². The van der Waals surface area contributed by atoms with Crippen LogP contribution in [-0.2, 0) is 11.2 Å². The van der Waals surface area contributed by atoms with Crippen molar-refractivity contribution in [2.75, 3.05) is 17.7 Å². The maximum atomic E-state index is 11.5. The zero-order valence-corrected chi connectivity index (χ0v) is 15.2. The lowest BCUT2D eigenvalue weighted by molar-refractivity contribution is -0.114. The fourth-order valence-electron chi connectivity index (χ4n) is 3.52. The molecule has 0 bridgehead atoms. The quantitative estimate of drug-likeness (QED) is 0.720. The van der Waals surface area contributed by atoms with Crippen LogP contribution >= 0.6 is 0 Å². The van der Waals surface area contributed by atoms with Crippen LogP contribution in [0.1, 0.15) is 35.2 Å². The van der Waals surface area contributed by atoms with Crippen LogP contribution in [-0.4, -0.2) is 23.3 Å². The van der Waals surface area contributed by atoms with Crippen LogP contribution in [0.2, 0.25) is 0 Å². The number of hydrogen-bond acceptors (Lipinski definition) is 5. The Balaban J connectivity index is 1.71. The van der Waals surface area contributed by atoms with Gasteiger partial charge in [-0.2, -0.15) is 0 Å². The normalized spacial score (nSPS) is 15.2. The molecule has 1 aliphatic rings. The molecule has 1 atom stereocenters. The van der Waals surface area contributed by atoms with Gasteiger partial charge in [-0.3, -0.25) is 4.79 Å². The van der Waals surface area contributed by atoms with E-state index in [0.717, 1.165) is 23.2 Å². The predicted octanol–water partition coefficient (Wildman–Crippen LogP) is 3.95. The summed E-state index contributed by atoms with van der Waals surface area (Å²) in [6.45, 7) is 1.44. The molecule has 1 aliphatic carbocycles. The fourth-order valence-corrected chi connectivity index (χ4v) is 3.52. The molecule has 0 saturated carbocycles. The molecule has 6 heteroatoms. The van der Waals surface area contributed by atoms with Crippen molar-refractivity contribution in [1.29, 1.82) is 0 Å². The lowest BCUT2D eigenvalue weighted by Crippen LogP contribution is -2.10. The van der Waals surface area contributed by atoms with Gasteiger partial charge in [0.05, 0.1) is 0 Å². The summed E-state index contributed by atoms with van der Waals surface area (Å²) < 4.78 is 4.92. The predicted molar refractivity (Wildman–Crippen MR) is 105 cm³/mol. The van der Waals surface area contributed by atoms with E-state index < -0.39 is 0 Å². The maximum Gasteiger partial charge on any atom is 0.222 e. The number of hydrogen-bond donors (Lipinski definition) is 2. The molecule has 0 spiro atoms. The number of benzene rings is 2. The Morgan fingerprint density at radius 2 is 1.89 bits per heavy atom. The van der Waals surface area contributed by atoms with Gasteiger partial charge in [-0.15, -0.1) is 0 Å². The van der Waals surface area contributed by atoms with E-state index in [-0.39, 0.29) is 11.8 Å². The van der Waals surface area contributed by atoms with Crippen molar-refractivity contribution < 1.29 is 9.42 Å². The first-order valence-corrected chi connectivity index (χ1v) is 8.83. The van der Waals surface area contributed by atoms with Crippen LogP contribution in [0.25, 0.3) is 11.6 Å². The number of nitrogens with one attached hydrogen (secondary N) is 2. The second-order valence-electron chi connectivity index (χ2n) is 6.57. The Kier molecular flexibility index (Phi) is 4.46. The van der Waals surface area contributed by atoms with Crippen molar-refractivity contribution in [3.05, 3.63) is 70.9 Å². The van der Waals surface area contributed by atoms with E-state index in [4.69, 9.17) is 4.63 Å². The molecule has 0 aliphatic heterocycles. The molecule has 0 fully saturated rings. The van der Waals surface area contributed by atoms with Crippen molar-refractivity contribution in [2.24, 2.45) is 0 Å². The summed E-state index contributed by atoms with van der Waals surface area (Å²) in [4.78, 5) is 11.5. The van der Waals surface area contributed by atoms with Crippen LogP contribution in [0.4, 0.5) is 11.5 Å². The molecule has 1 amide bonds. The van der Waals surface area contributed by atoms with E-state index in [1.807, 2.05) is 19.2 Å². The largest absolute Gasteiger partial charge is 0.388 e. The minimum absolute atomic E-state index is 0.112. The van der Waals surface area contributed by atoms with Gasteiger partial charge in [0.2, 0.25) is 11.7 Å². The zero-order valence-electron chi connectivity index (χ0n) is 15.2. The third kappa shape index (κ3) is 3.33. The minimum Gasteiger partial charge on any atom is -0.388 e. The zero-order chi connectivity index (χ0) is 18.8. The van der Waals surface area contributed by atoms with Crippen LogP contribution in [0.5, 0.6) is 0 Å². The molecule has 2 aromatic carbocycles. The van der Waals surface area contributed by atoms with Crippen molar-refractivity contribution in [3.63, 3.8) is 0 Å². The summed E-state index contributed by atoms with van der Waals surface area (Å²) in [6.07, 6.45) is 2.92. The highest BCUT2D eigenvalue weighted by Gasteiger charge is 2.30. The summed E-state index contributed by atoms with van der Waals surface area (Å²) in [5.41, 5.74) is 6.27. The molecule has 6 nitrogen and oxygen atoms in total. The number of amides is 1. The van der Waals surface area contributed by atoms with Gasteiger partial charge in [0.15, 0.2) is 5.69 Å². The third-order valence-electron chi connectivity index (χ3n) is 4.80. The lowest BCUT2D eigenvalue weighted by Gasteiger charge is -2.16. The number of nitrogens with zero attached hydrogens (tertiary/aromatic N) is 2. The third-order valence-corrected chi connectivity index (χ3v) is 4.80. The van der Waals surface area contributed by atoms with Crippen LogP contribution in [0.3, 0.4) is 0 Å². The van der Waals surface area contributed by atoms with Crippen molar-refractivity contribution in [1.82, 2.24) is 10.3 Å². The van der Waals surface area contributed by atoms with Gasteiger partial charge in [-0.1, -0.05) is 36.4 Å². The molecular formula is C21H20N4O2. The van der Waals surface area contributed by atoms with Crippen molar-refractivity contribution in [2.45, 2.75) is 19.3 Å². The number of aromatic nitrogens is 2. The number of carbonyl (C=O) groups is 1. The monoisotopic (exact) mass is 360 g/mol. The number of allylic oxidation sites excluding steroid dienone is 1. The molecule has 0 radical (unpaired) electrons. The summed E-state index contributed by atoms with van der Waals surface area (Å²) in [7, 11) is 1.91. The van der Waals surface area contributed by atoms with Gasteiger partial charge in [-0.25, -0.2) is 4.63 Å². The average molecular weight is 360 g/mol. The molecule has 1 unspecified atom stereocenters. The second kappa shape index (κ2) is 7.07. The van der Waals surface area contributed by atoms with Gasteiger partial charge in [0.25, 0.3) is 0 Å². The first-order chi connectivity index (χ1) is 13.2. The number of anilines is 2. The van der Waals surface area contributed by atoms with E-state index in [9.17, 15) is 4.79 Å². The Bertz CT molecular complexity index is 1010. The SMILES string of the molecule is CNc1ccc(CC2C(c3nonc3NC(C)=O)=Cc3ccccc32)cc1. The molecule has 1 aromatic heterocycles. The van der Waals surface area contributed by atoms with Crippen LogP contribution in [0, 0.1) is 0 Å². The van der Waals surface area contributed by atoms with E-state index in [2.05, 4.69) is 63.4 Å². The second-order valence-corrected chi connectivity index (χ2v) is 6.57. The summed E-state index contributed by atoms with van der Waals surface area (Å²) >= 11 is 0. The van der Waals surface area contributed by atoms with E-state index in [1.165, 1.54) is 18.1 Å². The molecule has 4 rings (SSSR count). The van der Waals surface area contributed by atoms with E-state index in [1.54, 1.807) is 0 Å². The summed E-state index contributed by atoms with van der Waals surface area (Å²) in [5, 5.41) is 13.8. The summed E-state index contributed by atoms with van der Waals surface area (Å²) in [6, 6.07) is 16.7. The van der Waals surface area contributed by atoms with Crippen LogP contribution in [0.15, 0.2) is 53.2 Å². The number of rotatable bonds is 5. The van der Waals surface area contributed by atoms with Crippen LogP contribution < -0.4 is 10.6 Å². The fraction of sp³-hybridized carbons (Fsp3) is 0.190. The first-order valence-electron chi connectivity index (χ1n) is 8.83. The minimum atomic E-state index is -0.206. The van der Waals surface area contributed by atoms with E-state index in [0.29, 0.717) is 11.5 Å². The smallest absolute Gasteiger partial charge is 0.222 e. The van der Waals surface area contributed by atoms with Gasteiger partial charge in [0.1, 0.15) is 0 Å². The highest BCUT2D eigenvalue weighted by atomic mass is 16.6. The molecular weight excluding hydrogens is 340 g/mol. The molecule has 27 heavy (non-hydrogen) atoms. The number of fused-ring (bicyclic) bond motifs is 1. The first kappa shape index (κ1) is 17.0. The Labute approximate surface area is 157 Å². The highest BCUT2D eigenvalue weighted by molar-refractivity contribution is 5.96. The van der Waals surface area contributed by atoms with Gasteiger partial charge in [-0.05, 0) is 57.2 Å². The average Bonchev–Trinajstić information content (AvgIpc) is 3.26. The Morgan fingerprint density at radius 1 is 1.11 bits per heavy atom. The Morgan fingerprint density at radius 3 is 2.63 bits per heavy atom. The van der Waals surface area contributed by atoms with Crippen molar-refractivity contribution in [3.8, 4) is 0 Å². The topological polar surface area (TPSA) is 80.1 Å². The van der Waals surface area contributed by atoms with Gasteiger partial charge < -0.3 is 10.6 Å². The molecule has 2 N–H and O–H groups in total.